The van der Waals surface area contributed by atoms with Gasteiger partial charge >= 0.3 is 5.97 Å². The number of hydrogen-bond donors (Lipinski definition) is 1. The lowest BCUT2D eigenvalue weighted by Gasteiger charge is -2.06. The third-order valence-corrected chi connectivity index (χ3v) is 1.82. The summed E-state index contributed by atoms with van der Waals surface area (Å²) in [5.41, 5.74) is 0. The number of carbonyl (C=O) groups is 2. The van der Waals surface area contributed by atoms with Crippen LogP contribution in [-0.4, -0.2) is 16.9 Å². The van der Waals surface area contributed by atoms with Gasteiger partial charge in [0.2, 0.25) is 5.78 Å². The first-order valence-corrected chi connectivity index (χ1v) is 4.34. The van der Waals surface area contributed by atoms with Gasteiger partial charge in [0, 0.05) is 6.42 Å². The number of aliphatic carboxylic acids is 1. The lowest BCUT2D eigenvalue weighted by Crippen LogP contribution is -2.15. The highest BCUT2D eigenvalue weighted by Gasteiger charge is 2.14. The topological polar surface area (TPSA) is 54.4 Å². The maximum absolute atomic E-state index is 10.7. The summed E-state index contributed by atoms with van der Waals surface area (Å²) in [6.07, 6.45) is 3.27. The lowest BCUT2D eigenvalue weighted by atomic mass is 9.98. The van der Waals surface area contributed by atoms with Crippen LogP contribution in [0.4, 0.5) is 0 Å². The van der Waals surface area contributed by atoms with Gasteiger partial charge in [-0.2, -0.15) is 0 Å². The van der Waals surface area contributed by atoms with E-state index in [1.807, 2.05) is 6.92 Å². The molecule has 0 aliphatic heterocycles. The molecule has 0 radical (unpaired) electrons. The van der Waals surface area contributed by atoms with Crippen LogP contribution < -0.4 is 0 Å². The van der Waals surface area contributed by atoms with E-state index in [4.69, 9.17) is 5.11 Å². The quantitative estimate of drug-likeness (QED) is 0.622. The Morgan fingerprint density at radius 3 is 2.42 bits per heavy atom. The van der Waals surface area contributed by atoms with Crippen LogP contribution in [0.5, 0.6) is 0 Å². The van der Waals surface area contributed by atoms with Gasteiger partial charge in [0.1, 0.15) is 0 Å². The first-order valence-electron chi connectivity index (χ1n) is 4.34. The number of rotatable bonds is 6. The van der Waals surface area contributed by atoms with Crippen molar-refractivity contribution in [1.82, 2.24) is 0 Å². The van der Waals surface area contributed by atoms with Crippen molar-refractivity contribution in [2.75, 3.05) is 0 Å². The normalized spacial score (nSPS) is 12.5. The van der Waals surface area contributed by atoms with Crippen molar-refractivity contribution in [3.8, 4) is 0 Å². The summed E-state index contributed by atoms with van der Waals surface area (Å²) in [7, 11) is 0. The van der Waals surface area contributed by atoms with E-state index >= 15 is 0 Å². The molecule has 0 rings (SSSR count). The van der Waals surface area contributed by atoms with Gasteiger partial charge in [-0.25, -0.2) is 4.79 Å². The molecule has 1 N–H and O–H groups in total. The van der Waals surface area contributed by atoms with E-state index < -0.39 is 11.8 Å². The van der Waals surface area contributed by atoms with Crippen LogP contribution in [0.3, 0.4) is 0 Å². The number of unbranched alkanes of at least 4 members (excludes halogenated alkanes) is 1. The van der Waals surface area contributed by atoms with Gasteiger partial charge < -0.3 is 5.11 Å². The van der Waals surface area contributed by atoms with Gasteiger partial charge in [-0.1, -0.05) is 33.1 Å². The molecule has 0 aromatic heterocycles. The molecular formula is C9H16O3. The fraction of sp³-hybridized carbons (Fsp3) is 0.778. The molecule has 0 fully saturated rings. The Morgan fingerprint density at radius 2 is 2.00 bits per heavy atom. The molecule has 0 aromatic carbocycles. The summed E-state index contributed by atoms with van der Waals surface area (Å²) in [5.74, 6) is -1.77. The van der Waals surface area contributed by atoms with Crippen LogP contribution in [0.2, 0.25) is 0 Å². The number of hydrogen-bond acceptors (Lipinski definition) is 2. The molecule has 0 saturated carbocycles. The second kappa shape index (κ2) is 5.75. The van der Waals surface area contributed by atoms with E-state index in [1.165, 1.54) is 0 Å². The van der Waals surface area contributed by atoms with Crippen molar-refractivity contribution in [2.24, 2.45) is 5.92 Å². The van der Waals surface area contributed by atoms with E-state index in [-0.39, 0.29) is 12.3 Å². The zero-order valence-corrected chi connectivity index (χ0v) is 7.67. The third kappa shape index (κ3) is 4.88. The molecule has 0 aliphatic carbocycles. The van der Waals surface area contributed by atoms with E-state index in [0.717, 1.165) is 19.3 Å². The lowest BCUT2D eigenvalue weighted by molar-refractivity contribution is -0.149. The third-order valence-electron chi connectivity index (χ3n) is 1.82. The highest BCUT2D eigenvalue weighted by atomic mass is 16.4. The van der Waals surface area contributed by atoms with Crippen LogP contribution in [-0.2, 0) is 9.59 Å². The predicted octanol–water partition coefficient (Wildman–Crippen LogP) is 1.86. The van der Waals surface area contributed by atoms with Crippen LogP contribution in [0.15, 0.2) is 0 Å². The van der Waals surface area contributed by atoms with Crippen molar-refractivity contribution in [3.05, 3.63) is 0 Å². The molecule has 0 amide bonds. The van der Waals surface area contributed by atoms with Gasteiger partial charge in [0.05, 0.1) is 0 Å². The summed E-state index contributed by atoms with van der Waals surface area (Å²) < 4.78 is 0. The second-order valence-corrected chi connectivity index (χ2v) is 3.18. The van der Waals surface area contributed by atoms with Crippen LogP contribution in [0.25, 0.3) is 0 Å². The first kappa shape index (κ1) is 11.1. The van der Waals surface area contributed by atoms with E-state index in [2.05, 4.69) is 6.92 Å². The number of carbonyl (C=O) groups excluding carboxylic acids is 1. The molecule has 12 heavy (non-hydrogen) atoms. The summed E-state index contributed by atoms with van der Waals surface area (Å²) in [4.78, 5) is 20.9. The van der Waals surface area contributed by atoms with Crippen molar-refractivity contribution in [2.45, 2.75) is 39.5 Å². The molecular weight excluding hydrogens is 156 g/mol. The maximum Gasteiger partial charge on any atom is 0.372 e. The van der Waals surface area contributed by atoms with E-state index in [9.17, 15) is 9.59 Å². The maximum atomic E-state index is 10.7. The van der Waals surface area contributed by atoms with Crippen LogP contribution in [0.1, 0.15) is 39.5 Å². The minimum Gasteiger partial charge on any atom is -0.476 e. The number of carboxylic acid groups (broad SMARTS) is 1. The second-order valence-electron chi connectivity index (χ2n) is 3.18. The minimum atomic E-state index is -1.31. The standard InChI is InChI=1S/C9H16O3/c1-3-4-5-7(2)6-8(10)9(11)12/h7H,3-6H2,1-2H3,(H,11,12). The van der Waals surface area contributed by atoms with Gasteiger partial charge in [0.25, 0.3) is 0 Å². The zero-order valence-electron chi connectivity index (χ0n) is 7.67. The number of ketones is 1. The molecule has 0 bridgehead atoms. The molecule has 70 valence electrons. The van der Waals surface area contributed by atoms with E-state index in [0.29, 0.717) is 0 Å². The molecule has 1 unspecified atom stereocenters. The molecule has 0 saturated heterocycles. The highest BCUT2D eigenvalue weighted by Crippen LogP contribution is 2.11. The summed E-state index contributed by atoms with van der Waals surface area (Å²) >= 11 is 0. The fourth-order valence-electron chi connectivity index (χ4n) is 1.06. The highest BCUT2D eigenvalue weighted by molar-refractivity contribution is 6.32. The molecule has 0 aromatic rings. The Labute approximate surface area is 72.8 Å². The molecule has 0 spiro atoms. The largest absolute Gasteiger partial charge is 0.476 e. The predicted molar refractivity (Wildman–Crippen MR) is 45.9 cm³/mol. The first-order chi connectivity index (χ1) is 5.57. The minimum absolute atomic E-state index is 0.176. The van der Waals surface area contributed by atoms with Gasteiger partial charge in [-0.15, -0.1) is 0 Å². The van der Waals surface area contributed by atoms with Crippen LogP contribution in [0, 0.1) is 5.92 Å². The van der Waals surface area contributed by atoms with Gasteiger partial charge in [-0.3, -0.25) is 4.79 Å². The van der Waals surface area contributed by atoms with E-state index in [1.54, 1.807) is 0 Å². The molecule has 3 heteroatoms. The number of carboxylic acids is 1. The van der Waals surface area contributed by atoms with Crippen molar-refractivity contribution >= 4 is 11.8 Å². The monoisotopic (exact) mass is 172 g/mol. The van der Waals surface area contributed by atoms with Crippen LogP contribution >= 0.6 is 0 Å². The van der Waals surface area contributed by atoms with Crippen molar-refractivity contribution < 1.29 is 14.7 Å². The Kier molecular flexibility index (Phi) is 5.34. The summed E-state index contributed by atoms with van der Waals surface area (Å²) in [5, 5.41) is 8.31. The molecule has 3 nitrogen and oxygen atoms in total. The number of Topliss-reactive ketones (excluding diaryl/α,β-unsaturated/α-hetero) is 1. The average molecular weight is 172 g/mol. The SMILES string of the molecule is CCCCC(C)CC(=O)C(=O)O. The zero-order chi connectivity index (χ0) is 9.56. The Morgan fingerprint density at radius 1 is 1.42 bits per heavy atom. The molecule has 0 heterocycles. The summed E-state index contributed by atoms with van der Waals surface area (Å²) in [6.45, 7) is 3.99. The molecule has 0 aliphatic rings. The average Bonchev–Trinajstić information content (AvgIpc) is 2.00. The fourth-order valence-corrected chi connectivity index (χ4v) is 1.06. The smallest absolute Gasteiger partial charge is 0.372 e. The Balaban J connectivity index is 3.61. The van der Waals surface area contributed by atoms with Gasteiger partial charge in [-0.05, 0) is 5.92 Å². The molecule has 1 atom stereocenters. The van der Waals surface area contributed by atoms with Crippen molar-refractivity contribution in [1.29, 1.82) is 0 Å². The van der Waals surface area contributed by atoms with Gasteiger partial charge in [0.15, 0.2) is 0 Å². The van der Waals surface area contributed by atoms with Crippen molar-refractivity contribution in [3.63, 3.8) is 0 Å². The summed E-state index contributed by atoms with van der Waals surface area (Å²) in [6, 6.07) is 0. The Bertz CT molecular complexity index is 163. The Hall–Kier alpha value is -0.860.